The molecule has 2 heterocycles. The summed E-state index contributed by atoms with van der Waals surface area (Å²) in [4.78, 5) is 13.0. The van der Waals surface area contributed by atoms with Gasteiger partial charge in [-0.15, -0.1) is 0 Å². The number of nitrogen functional groups attached to an aromatic ring is 1. The molecule has 0 aliphatic carbocycles. The number of anilines is 1. The Bertz CT molecular complexity index is 576. The van der Waals surface area contributed by atoms with Crippen molar-refractivity contribution in [3.63, 3.8) is 0 Å². The highest BCUT2D eigenvalue weighted by molar-refractivity contribution is 9.10. The van der Waals surface area contributed by atoms with E-state index in [-0.39, 0.29) is 5.41 Å². The highest BCUT2D eigenvalue weighted by atomic mass is 79.9. The van der Waals surface area contributed by atoms with Gasteiger partial charge in [-0.3, -0.25) is 4.98 Å². The molecule has 2 aromatic heterocycles. The van der Waals surface area contributed by atoms with E-state index in [9.17, 15) is 0 Å². The minimum absolute atomic E-state index is 0.0805. The Balaban J connectivity index is 2.40. The van der Waals surface area contributed by atoms with E-state index in [4.69, 9.17) is 5.73 Å². The molecule has 4 nitrogen and oxygen atoms in total. The summed E-state index contributed by atoms with van der Waals surface area (Å²) in [6.45, 7) is 6.32. The van der Waals surface area contributed by atoms with E-state index in [1.807, 2.05) is 12.1 Å². The molecular weight excluding hydrogens is 304 g/mol. The van der Waals surface area contributed by atoms with E-state index in [1.165, 1.54) is 0 Å². The number of aromatic nitrogens is 3. The van der Waals surface area contributed by atoms with E-state index < -0.39 is 0 Å². The molecule has 2 rings (SSSR count). The van der Waals surface area contributed by atoms with E-state index in [2.05, 4.69) is 51.7 Å². The summed E-state index contributed by atoms with van der Waals surface area (Å²) in [7, 11) is 0. The van der Waals surface area contributed by atoms with Gasteiger partial charge < -0.3 is 5.73 Å². The number of hydrogen-bond acceptors (Lipinski definition) is 4. The number of pyridine rings is 1. The molecule has 0 fully saturated rings. The summed E-state index contributed by atoms with van der Waals surface area (Å²) >= 11 is 3.48. The second kappa shape index (κ2) is 5.25. The summed E-state index contributed by atoms with van der Waals surface area (Å²) in [6.07, 6.45) is 4.19. The molecule has 0 aromatic carbocycles. The van der Waals surface area contributed by atoms with Gasteiger partial charge in [-0.1, -0.05) is 20.8 Å². The van der Waals surface area contributed by atoms with Crippen molar-refractivity contribution in [2.75, 3.05) is 5.73 Å². The molecule has 2 aromatic rings. The Morgan fingerprint density at radius 3 is 2.37 bits per heavy atom. The normalized spacial score (nSPS) is 11.6. The number of hydrogen-bond donors (Lipinski definition) is 1. The second-order valence-corrected chi connectivity index (χ2v) is 6.26. The SMILES string of the molecule is CC(C)(C)c1nc(Cc2ccncc2)nc(N)c1Br. The molecule has 0 spiro atoms. The van der Waals surface area contributed by atoms with Crippen molar-refractivity contribution in [2.24, 2.45) is 0 Å². The van der Waals surface area contributed by atoms with Crippen LogP contribution >= 0.6 is 15.9 Å². The van der Waals surface area contributed by atoms with Gasteiger partial charge in [0.25, 0.3) is 0 Å². The van der Waals surface area contributed by atoms with Gasteiger partial charge in [-0.2, -0.15) is 0 Å². The van der Waals surface area contributed by atoms with Gasteiger partial charge in [0.05, 0.1) is 10.2 Å². The highest BCUT2D eigenvalue weighted by Gasteiger charge is 2.22. The summed E-state index contributed by atoms with van der Waals surface area (Å²) < 4.78 is 0.790. The van der Waals surface area contributed by atoms with E-state index in [1.54, 1.807) is 12.4 Å². The molecule has 0 saturated heterocycles. The van der Waals surface area contributed by atoms with Crippen molar-refractivity contribution < 1.29 is 0 Å². The lowest BCUT2D eigenvalue weighted by molar-refractivity contribution is 0.560. The van der Waals surface area contributed by atoms with Crippen LogP contribution in [-0.4, -0.2) is 15.0 Å². The zero-order valence-electron chi connectivity index (χ0n) is 11.3. The fourth-order valence-electron chi connectivity index (χ4n) is 1.77. The monoisotopic (exact) mass is 320 g/mol. The fourth-order valence-corrected chi connectivity index (χ4v) is 2.54. The predicted molar refractivity (Wildman–Crippen MR) is 79.9 cm³/mol. The molecule has 2 N–H and O–H groups in total. The number of halogens is 1. The van der Waals surface area contributed by atoms with Crippen molar-refractivity contribution in [3.8, 4) is 0 Å². The maximum atomic E-state index is 5.96. The van der Waals surface area contributed by atoms with Crippen LogP contribution in [0.3, 0.4) is 0 Å². The third-order valence-electron chi connectivity index (χ3n) is 2.75. The molecule has 0 radical (unpaired) electrons. The topological polar surface area (TPSA) is 64.7 Å². The van der Waals surface area contributed by atoms with Gasteiger partial charge in [-0.05, 0) is 33.6 Å². The van der Waals surface area contributed by atoms with Gasteiger partial charge >= 0.3 is 0 Å². The number of nitrogens with two attached hydrogens (primary N) is 1. The molecule has 0 saturated carbocycles. The van der Waals surface area contributed by atoms with Crippen LogP contribution in [0.15, 0.2) is 29.0 Å². The quantitative estimate of drug-likeness (QED) is 0.923. The summed E-state index contributed by atoms with van der Waals surface area (Å²) in [5, 5.41) is 0. The standard InChI is InChI=1S/C14H17BrN4/c1-14(2,3)12-11(15)13(16)19-10(18-12)8-9-4-6-17-7-5-9/h4-7H,8H2,1-3H3,(H2,16,18,19). The minimum atomic E-state index is -0.0805. The Hall–Kier alpha value is -1.49. The molecule has 100 valence electrons. The van der Waals surface area contributed by atoms with Crippen LogP contribution in [0.5, 0.6) is 0 Å². The van der Waals surface area contributed by atoms with Gasteiger partial charge in [0, 0.05) is 24.2 Å². The molecule has 0 unspecified atom stereocenters. The van der Waals surface area contributed by atoms with Crippen LogP contribution in [0, 0.1) is 0 Å². The molecule has 19 heavy (non-hydrogen) atoms. The van der Waals surface area contributed by atoms with Gasteiger partial charge in [-0.25, -0.2) is 9.97 Å². The molecular formula is C14H17BrN4. The van der Waals surface area contributed by atoms with Gasteiger partial charge in [0.2, 0.25) is 0 Å². The summed E-state index contributed by atoms with van der Waals surface area (Å²) in [6, 6.07) is 3.91. The van der Waals surface area contributed by atoms with Crippen LogP contribution in [0.2, 0.25) is 0 Å². The van der Waals surface area contributed by atoms with E-state index in [0.29, 0.717) is 12.2 Å². The molecule has 0 atom stereocenters. The molecule has 5 heteroatoms. The van der Waals surface area contributed by atoms with E-state index in [0.717, 1.165) is 21.6 Å². The van der Waals surface area contributed by atoms with Crippen molar-refractivity contribution in [3.05, 3.63) is 46.1 Å². The van der Waals surface area contributed by atoms with E-state index >= 15 is 0 Å². The fraction of sp³-hybridized carbons (Fsp3) is 0.357. The maximum absolute atomic E-state index is 5.96. The highest BCUT2D eigenvalue weighted by Crippen LogP contribution is 2.31. The van der Waals surface area contributed by atoms with Crippen LogP contribution in [0.25, 0.3) is 0 Å². The number of nitrogens with zero attached hydrogens (tertiary/aromatic N) is 3. The first-order valence-electron chi connectivity index (χ1n) is 6.09. The first-order valence-corrected chi connectivity index (χ1v) is 6.88. The summed E-state index contributed by atoms with van der Waals surface area (Å²) in [5.74, 6) is 1.22. The third-order valence-corrected chi connectivity index (χ3v) is 3.53. The van der Waals surface area contributed by atoms with Crippen LogP contribution < -0.4 is 5.73 Å². The Morgan fingerprint density at radius 1 is 1.16 bits per heavy atom. The average Bonchev–Trinajstić information content (AvgIpc) is 2.33. The van der Waals surface area contributed by atoms with Crippen molar-refractivity contribution in [2.45, 2.75) is 32.6 Å². The van der Waals surface area contributed by atoms with Crippen LogP contribution in [0.1, 0.15) is 37.9 Å². The van der Waals surface area contributed by atoms with Gasteiger partial charge in [0.15, 0.2) is 0 Å². The lowest BCUT2D eigenvalue weighted by Gasteiger charge is -2.20. The lowest BCUT2D eigenvalue weighted by atomic mass is 9.92. The largest absolute Gasteiger partial charge is 0.383 e. The lowest BCUT2D eigenvalue weighted by Crippen LogP contribution is -2.18. The molecule has 0 aliphatic heterocycles. The minimum Gasteiger partial charge on any atom is -0.383 e. The third kappa shape index (κ3) is 3.29. The molecule has 0 bridgehead atoms. The molecule has 0 amide bonds. The Morgan fingerprint density at radius 2 is 1.79 bits per heavy atom. The summed E-state index contributed by atoms with van der Waals surface area (Å²) in [5.41, 5.74) is 7.94. The smallest absolute Gasteiger partial charge is 0.141 e. The van der Waals surface area contributed by atoms with Crippen molar-refractivity contribution >= 4 is 21.7 Å². The average molecular weight is 321 g/mol. The Labute approximate surface area is 121 Å². The Kier molecular flexibility index (Phi) is 3.85. The van der Waals surface area contributed by atoms with Crippen LogP contribution in [0.4, 0.5) is 5.82 Å². The van der Waals surface area contributed by atoms with Crippen LogP contribution in [-0.2, 0) is 11.8 Å². The number of rotatable bonds is 2. The molecule has 0 aliphatic rings. The maximum Gasteiger partial charge on any atom is 0.141 e. The van der Waals surface area contributed by atoms with Crippen molar-refractivity contribution in [1.29, 1.82) is 0 Å². The van der Waals surface area contributed by atoms with Crippen molar-refractivity contribution in [1.82, 2.24) is 15.0 Å². The zero-order valence-corrected chi connectivity index (χ0v) is 12.9. The first kappa shape index (κ1) is 13.9. The second-order valence-electron chi connectivity index (χ2n) is 5.47. The predicted octanol–water partition coefficient (Wildman–Crippen LogP) is 3.10. The van der Waals surface area contributed by atoms with Gasteiger partial charge in [0.1, 0.15) is 11.6 Å². The first-order chi connectivity index (χ1) is 8.88. The zero-order chi connectivity index (χ0) is 14.0.